The molecule has 0 atom stereocenters. The van der Waals surface area contributed by atoms with Gasteiger partial charge in [0.15, 0.2) is 0 Å². The van der Waals surface area contributed by atoms with E-state index in [0.29, 0.717) is 12.1 Å². The summed E-state index contributed by atoms with van der Waals surface area (Å²) in [7, 11) is 1.75. The summed E-state index contributed by atoms with van der Waals surface area (Å²) in [5.41, 5.74) is 0. The van der Waals surface area contributed by atoms with E-state index in [1.807, 2.05) is 0 Å². The third kappa shape index (κ3) is 4.38. The van der Waals surface area contributed by atoms with E-state index in [-0.39, 0.29) is 0 Å². The minimum Gasteiger partial charge on any atom is -0.383 e. The second-order valence-electron chi connectivity index (χ2n) is 3.42. The number of nitrogens with zero attached hydrogens (tertiary/aromatic N) is 1. The van der Waals surface area contributed by atoms with E-state index in [4.69, 9.17) is 4.74 Å². The highest BCUT2D eigenvalue weighted by Crippen LogP contribution is 2.03. The van der Waals surface area contributed by atoms with Crippen molar-refractivity contribution in [3.63, 3.8) is 0 Å². The van der Waals surface area contributed by atoms with Crippen LogP contribution in [0.4, 0.5) is 0 Å². The van der Waals surface area contributed by atoms with Gasteiger partial charge < -0.3 is 4.74 Å². The molecule has 0 saturated heterocycles. The fraction of sp³-hybridized carbons (Fsp3) is 1.00. The average Bonchev–Trinajstić information content (AvgIpc) is 1.87. The molecule has 2 heteroatoms. The standard InChI is InChI=1S/C9H21NO/c1-8(2)10(9(3)4)6-7-11-5/h8-9H,6-7H2,1-5H3. The Balaban J connectivity index is 3.70. The van der Waals surface area contributed by atoms with Crippen molar-refractivity contribution in [2.75, 3.05) is 20.3 Å². The molecule has 0 unspecified atom stereocenters. The predicted octanol–water partition coefficient (Wildman–Crippen LogP) is 1.75. The van der Waals surface area contributed by atoms with Crippen molar-refractivity contribution in [2.24, 2.45) is 0 Å². The molecule has 2 nitrogen and oxygen atoms in total. The highest BCUT2D eigenvalue weighted by molar-refractivity contribution is 4.66. The molecule has 0 spiro atoms. The lowest BCUT2D eigenvalue weighted by molar-refractivity contribution is 0.108. The van der Waals surface area contributed by atoms with Crippen LogP contribution in [0.15, 0.2) is 0 Å². The first kappa shape index (κ1) is 10.9. The summed E-state index contributed by atoms with van der Waals surface area (Å²) in [5, 5.41) is 0. The highest BCUT2D eigenvalue weighted by atomic mass is 16.5. The molecule has 0 radical (unpaired) electrons. The Bertz CT molecular complexity index is 83.6. The van der Waals surface area contributed by atoms with Crippen molar-refractivity contribution in [1.82, 2.24) is 4.90 Å². The molecule has 0 N–H and O–H groups in total. The molecule has 0 aromatic rings. The van der Waals surface area contributed by atoms with Crippen LogP contribution >= 0.6 is 0 Å². The Morgan fingerprint density at radius 2 is 1.55 bits per heavy atom. The van der Waals surface area contributed by atoms with Gasteiger partial charge in [-0.15, -0.1) is 0 Å². The van der Waals surface area contributed by atoms with Gasteiger partial charge in [-0.2, -0.15) is 0 Å². The topological polar surface area (TPSA) is 12.5 Å². The fourth-order valence-corrected chi connectivity index (χ4v) is 1.31. The second kappa shape index (κ2) is 5.56. The van der Waals surface area contributed by atoms with E-state index in [0.717, 1.165) is 13.2 Å². The van der Waals surface area contributed by atoms with Crippen molar-refractivity contribution in [2.45, 2.75) is 39.8 Å². The Morgan fingerprint density at radius 3 is 1.82 bits per heavy atom. The van der Waals surface area contributed by atoms with Gasteiger partial charge in [0, 0.05) is 25.7 Å². The molecule has 0 rings (SSSR count). The predicted molar refractivity (Wildman–Crippen MR) is 48.9 cm³/mol. The maximum atomic E-state index is 5.03. The van der Waals surface area contributed by atoms with Gasteiger partial charge in [0.1, 0.15) is 0 Å². The minimum absolute atomic E-state index is 0.616. The summed E-state index contributed by atoms with van der Waals surface area (Å²) in [5.74, 6) is 0. The molecular formula is C9H21NO. The molecule has 0 fully saturated rings. The molecule has 0 amide bonds. The van der Waals surface area contributed by atoms with E-state index in [2.05, 4.69) is 32.6 Å². The summed E-state index contributed by atoms with van der Waals surface area (Å²) >= 11 is 0. The number of rotatable bonds is 5. The first-order chi connectivity index (χ1) is 5.09. The van der Waals surface area contributed by atoms with Crippen LogP contribution in [0.5, 0.6) is 0 Å². The Hall–Kier alpha value is -0.0800. The summed E-state index contributed by atoms with van der Waals surface area (Å²) in [6.45, 7) is 10.7. The third-order valence-corrected chi connectivity index (χ3v) is 1.88. The van der Waals surface area contributed by atoms with Crippen molar-refractivity contribution in [3.8, 4) is 0 Å². The molecule has 11 heavy (non-hydrogen) atoms. The van der Waals surface area contributed by atoms with Gasteiger partial charge in [-0.05, 0) is 27.7 Å². The quantitative estimate of drug-likeness (QED) is 0.606. The zero-order valence-electron chi connectivity index (χ0n) is 8.42. The number of hydrogen-bond donors (Lipinski definition) is 0. The van der Waals surface area contributed by atoms with Gasteiger partial charge in [0.05, 0.1) is 6.61 Å². The Labute approximate surface area is 70.5 Å². The highest BCUT2D eigenvalue weighted by Gasteiger charge is 2.11. The molecule has 0 bridgehead atoms. The van der Waals surface area contributed by atoms with Crippen LogP contribution in [0.25, 0.3) is 0 Å². The van der Waals surface area contributed by atoms with E-state index < -0.39 is 0 Å². The van der Waals surface area contributed by atoms with Crippen molar-refractivity contribution < 1.29 is 4.74 Å². The fourth-order valence-electron chi connectivity index (χ4n) is 1.31. The summed E-state index contributed by atoms with van der Waals surface area (Å²) < 4.78 is 5.03. The summed E-state index contributed by atoms with van der Waals surface area (Å²) in [4.78, 5) is 2.42. The van der Waals surface area contributed by atoms with Crippen LogP contribution in [-0.4, -0.2) is 37.2 Å². The van der Waals surface area contributed by atoms with Crippen molar-refractivity contribution in [1.29, 1.82) is 0 Å². The van der Waals surface area contributed by atoms with Crippen molar-refractivity contribution in [3.05, 3.63) is 0 Å². The molecule has 68 valence electrons. The summed E-state index contributed by atoms with van der Waals surface area (Å²) in [6, 6.07) is 1.23. The first-order valence-electron chi connectivity index (χ1n) is 4.34. The largest absolute Gasteiger partial charge is 0.383 e. The van der Waals surface area contributed by atoms with E-state index in [1.165, 1.54) is 0 Å². The molecule has 0 aromatic heterocycles. The molecule has 0 aromatic carbocycles. The minimum atomic E-state index is 0.616. The lowest BCUT2D eigenvalue weighted by Crippen LogP contribution is -2.39. The molecular weight excluding hydrogens is 138 g/mol. The average molecular weight is 159 g/mol. The van der Waals surface area contributed by atoms with Crippen LogP contribution in [0, 0.1) is 0 Å². The maximum Gasteiger partial charge on any atom is 0.0589 e. The Morgan fingerprint density at radius 1 is 1.09 bits per heavy atom. The lowest BCUT2D eigenvalue weighted by Gasteiger charge is -2.29. The number of methoxy groups -OCH3 is 1. The van der Waals surface area contributed by atoms with Crippen LogP contribution in [-0.2, 0) is 4.74 Å². The van der Waals surface area contributed by atoms with Gasteiger partial charge in [-0.1, -0.05) is 0 Å². The molecule has 0 saturated carbocycles. The number of ether oxygens (including phenoxy) is 1. The van der Waals surface area contributed by atoms with E-state index in [9.17, 15) is 0 Å². The lowest BCUT2D eigenvalue weighted by atomic mass is 10.2. The zero-order valence-corrected chi connectivity index (χ0v) is 8.42. The molecule has 0 aliphatic rings. The molecule has 0 heterocycles. The summed E-state index contributed by atoms with van der Waals surface area (Å²) in [6.07, 6.45) is 0. The van der Waals surface area contributed by atoms with Crippen molar-refractivity contribution >= 4 is 0 Å². The normalized spacial score (nSPS) is 12.0. The van der Waals surface area contributed by atoms with Gasteiger partial charge in [-0.3, -0.25) is 4.90 Å². The SMILES string of the molecule is COCCN(C(C)C)C(C)C. The van der Waals surface area contributed by atoms with E-state index >= 15 is 0 Å². The second-order valence-corrected chi connectivity index (χ2v) is 3.42. The van der Waals surface area contributed by atoms with Gasteiger partial charge in [0.2, 0.25) is 0 Å². The zero-order chi connectivity index (χ0) is 8.85. The van der Waals surface area contributed by atoms with Gasteiger partial charge in [-0.25, -0.2) is 0 Å². The Kier molecular flexibility index (Phi) is 5.51. The van der Waals surface area contributed by atoms with Crippen LogP contribution < -0.4 is 0 Å². The molecule has 0 aliphatic carbocycles. The molecule has 0 aliphatic heterocycles. The third-order valence-electron chi connectivity index (χ3n) is 1.88. The maximum absolute atomic E-state index is 5.03. The monoisotopic (exact) mass is 159 g/mol. The van der Waals surface area contributed by atoms with Crippen LogP contribution in [0.1, 0.15) is 27.7 Å². The first-order valence-corrected chi connectivity index (χ1v) is 4.34. The number of hydrogen-bond acceptors (Lipinski definition) is 2. The van der Waals surface area contributed by atoms with Gasteiger partial charge in [0.25, 0.3) is 0 Å². The van der Waals surface area contributed by atoms with Crippen LogP contribution in [0.3, 0.4) is 0 Å². The van der Waals surface area contributed by atoms with E-state index in [1.54, 1.807) is 7.11 Å². The smallest absolute Gasteiger partial charge is 0.0589 e. The van der Waals surface area contributed by atoms with Gasteiger partial charge >= 0.3 is 0 Å². The van der Waals surface area contributed by atoms with Crippen LogP contribution in [0.2, 0.25) is 0 Å².